The molecule has 0 saturated carbocycles. The first-order valence-electron chi connectivity index (χ1n) is 6.66. The number of hydrogen-bond acceptors (Lipinski definition) is 5. The van der Waals surface area contributed by atoms with Crippen molar-refractivity contribution in [2.75, 3.05) is 7.05 Å². The lowest BCUT2D eigenvalue weighted by atomic mass is 9.96. The fourth-order valence-corrected chi connectivity index (χ4v) is 2.73. The molecule has 2 aliphatic rings. The number of guanidine groups is 1. The van der Waals surface area contributed by atoms with Gasteiger partial charge in [-0.2, -0.15) is 4.98 Å². The van der Waals surface area contributed by atoms with Crippen LogP contribution in [0.25, 0.3) is 0 Å². The van der Waals surface area contributed by atoms with Gasteiger partial charge in [-0.3, -0.25) is 4.99 Å². The second kappa shape index (κ2) is 5.16. The predicted octanol–water partition coefficient (Wildman–Crippen LogP) is 0.363. The van der Waals surface area contributed by atoms with Crippen LogP contribution in [0.15, 0.2) is 9.52 Å². The van der Waals surface area contributed by atoms with Crippen LogP contribution in [-0.2, 0) is 11.3 Å². The number of aromatic nitrogens is 2. The van der Waals surface area contributed by atoms with Crippen molar-refractivity contribution in [3.63, 3.8) is 0 Å². The molecule has 19 heavy (non-hydrogen) atoms. The highest BCUT2D eigenvalue weighted by Crippen LogP contribution is 2.34. The smallest absolute Gasteiger partial charge is 0.246 e. The average molecular weight is 265 g/mol. The number of fused-ring (bicyclic) bond motifs is 2. The topological polar surface area (TPSA) is 84.6 Å². The van der Waals surface area contributed by atoms with E-state index in [-0.39, 0.29) is 0 Å². The maximum absolute atomic E-state index is 5.81. The number of nitrogens with one attached hydrogen (secondary N) is 2. The highest BCUT2D eigenvalue weighted by atomic mass is 16.5. The molecule has 0 amide bonds. The zero-order valence-corrected chi connectivity index (χ0v) is 11.2. The summed E-state index contributed by atoms with van der Waals surface area (Å²) >= 11 is 0. The summed E-state index contributed by atoms with van der Waals surface area (Å²) < 4.78 is 10.9. The first-order valence-corrected chi connectivity index (χ1v) is 6.66. The van der Waals surface area contributed by atoms with Crippen LogP contribution < -0.4 is 10.6 Å². The summed E-state index contributed by atoms with van der Waals surface area (Å²) in [5.41, 5.74) is 0. The summed E-state index contributed by atoms with van der Waals surface area (Å²) in [4.78, 5) is 8.35. The van der Waals surface area contributed by atoms with Gasteiger partial charge in [0.1, 0.15) is 0 Å². The van der Waals surface area contributed by atoms with Gasteiger partial charge in [0, 0.05) is 7.05 Å². The summed E-state index contributed by atoms with van der Waals surface area (Å²) in [6.45, 7) is 2.27. The minimum Gasteiger partial charge on any atom is -0.373 e. The van der Waals surface area contributed by atoms with Crippen molar-refractivity contribution in [1.29, 1.82) is 0 Å². The molecule has 3 unspecified atom stereocenters. The molecular formula is C12H19N5O2. The number of nitrogens with zero attached hydrogens (tertiary/aromatic N) is 3. The summed E-state index contributed by atoms with van der Waals surface area (Å²) in [5.74, 6) is 1.95. The Hall–Kier alpha value is -1.63. The fourth-order valence-electron chi connectivity index (χ4n) is 2.73. The van der Waals surface area contributed by atoms with Crippen LogP contribution in [-0.4, -0.2) is 41.4 Å². The zero-order valence-electron chi connectivity index (χ0n) is 11.2. The van der Waals surface area contributed by atoms with Crippen molar-refractivity contribution < 1.29 is 9.26 Å². The summed E-state index contributed by atoms with van der Waals surface area (Å²) in [7, 11) is 1.75. The molecule has 0 spiro atoms. The minimum absolute atomic E-state index is 0.328. The number of aliphatic imine (C=N–C) groups is 1. The molecule has 104 valence electrons. The molecule has 7 heteroatoms. The lowest BCUT2D eigenvalue weighted by Gasteiger charge is -2.22. The SMILES string of the molecule is CN=C(NCc1nc(C)no1)NC1CC2CCC1O2. The number of hydrogen-bond donors (Lipinski definition) is 2. The molecule has 2 bridgehead atoms. The minimum atomic E-state index is 0.328. The monoisotopic (exact) mass is 265 g/mol. The molecule has 2 aliphatic heterocycles. The summed E-state index contributed by atoms with van der Waals surface area (Å²) in [5, 5.41) is 10.3. The molecule has 3 atom stereocenters. The van der Waals surface area contributed by atoms with Gasteiger partial charge in [-0.25, -0.2) is 0 Å². The highest BCUT2D eigenvalue weighted by molar-refractivity contribution is 5.80. The number of ether oxygens (including phenoxy) is 1. The molecule has 2 fully saturated rings. The van der Waals surface area contributed by atoms with Crippen LogP contribution in [0.4, 0.5) is 0 Å². The van der Waals surface area contributed by atoms with Gasteiger partial charge in [-0.15, -0.1) is 0 Å². The van der Waals surface area contributed by atoms with Crippen LogP contribution in [0.1, 0.15) is 31.0 Å². The lowest BCUT2D eigenvalue weighted by molar-refractivity contribution is 0.0992. The quantitative estimate of drug-likeness (QED) is 0.606. The Balaban J connectivity index is 1.51. The van der Waals surface area contributed by atoms with Gasteiger partial charge in [-0.05, 0) is 26.2 Å². The Bertz CT molecular complexity index is 472. The third-order valence-corrected chi connectivity index (χ3v) is 3.63. The van der Waals surface area contributed by atoms with Crippen molar-refractivity contribution in [3.8, 4) is 0 Å². The molecule has 0 aliphatic carbocycles. The first-order chi connectivity index (χ1) is 9.24. The molecule has 1 aromatic rings. The normalized spacial score (nSPS) is 29.8. The van der Waals surface area contributed by atoms with Crippen LogP contribution in [0.5, 0.6) is 0 Å². The van der Waals surface area contributed by atoms with E-state index in [0.717, 1.165) is 18.8 Å². The van der Waals surface area contributed by atoms with Crippen LogP contribution in [0.3, 0.4) is 0 Å². The summed E-state index contributed by atoms with van der Waals surface area (Å²) in [6.07, 6.45) is 4.15. The molecule has 2 N–H and O–H groups in total. The molecule has 3 heterocycles. The lowest BCUT2D eigenvalue weighted by Crippen LogP contribution is -2.47. The van der Waals surface area contributed by atoms with E-state index in [0.29, 0.717) is 36.5 Å². The van der Waals surface area contributed by atoms with Crippen molar-refractivity contribution in [3.05, 3.63) is 11.7 Å². The average Bonchev–Trinajstić information content (AvgIpc) is 3.11. The Morgan fingerprint density at radius 2 is 2.37 bits per heavy atom. The molecule has 1 aromatic heterocycles. The van der Waals surface area contributed by atoms with E-state index in [2.05, 4.69) is 25.8 Å². The number of aryl methyl sites for hydroxylation is 1. The molecular weight excluding hydrogens is 246 g/mol. The molecule has 3 rings (SSSR count). The van der Waals surface area contributed by atoms with Crippen LogP contribution in [0.2, 0.25) is 0 Å². The number of rotatable bonds is 3. The van der Waals surface area contributed by atoms with Crippen molar-refractivity contribution >= 4 is 5.96 Å². The van der Waals surface area contributed by atoms with E-state index in [9.17, 15) is 0 Å². The largest absolute Gasteiger partial charge is 0.373 e. The van der Waals surface area contributed by atoms with E-state index in [1.54, 1.807) is 14.0 Å². The van der Waals surface area contributed by atoms with Crippen molar-refractivity contribution in [1.82, 2.24) is 20.8 Å². The van der Waals surface area contributed by atoms with Gasteiger partial charge >= 0.3 is 0 Å². The molecule has 0 aromatic carbocycles. The Kier molecular flexibility index (Phi) is 3.37. The van der Waals surface area contributed by atoms with Crippen molar-refractivity contribution in [2.24, 2.45) is 4.99 Å². The Morgan fingerprint density at radius 3 is 2.95 bits per heavy atom. The van der Waals surface area contributed by atoms with Gasteiger partial charge in [0.05, 0.1) is 24.8 Å². The highest BCUT2D eigenvalue weighted by Gasteiger charge is 2.41. The zero-order chi connectivity index (χ0) is 13.2. The Morgan fingerprint density at radius 1 is 1.47 bits per heavy atom. The fraction of sp³-hybridized carbons (Fsp3) is 0.750. The molecule has 7 nitrogen and oxygen atoms in total. The van der Waals surface area contributed by atoms with E-state index in [4.69, 9.17) is 9.26 Å². The molecule has 0 radical (unpaired) electrons. The second-order valence-electron chi connectivity index (χ2n) is 5.02. The van der Waals surface area contributed by atoms with Crippen LogP contribution in [0, 0.1) is 6.92 Å². The third-order valence-electron chi connectivity index (χ3n) is 3.63. The van der Waals surface area contributed by atoms with E-state index < -0.39 is 0 Å². The van der Waals surface area contributed by atoms with Crippen LogP contribution >= 0.6 is 0 Å². The molecule has 2 saturated heterocycles. The van der Waals surface area contributed by atoms with Crippen molar-refractivity contribution in [2.45, 2.75) is 51.0 Å². The Labute approximate surface area is 111 Å². The first kappa shape index (κ1) is 12.4. The maximum Gasteiger partial charge on any atom is 0.246 e. The van der Waals surface area contributed by atoms with Gasteiger partial charge in [-0.1, -0.05) is 5.16 Å². The van der Waals surface area contributed by atoms with Gasteiger partial charge in [0.15, 0.2) is 11.8 Å². The van der Waals surface area contributed by atoms with E-state index >= 15 is 0 Å². The predicted molar refractivity (Wildman–Crippen MR) is 68.7 cm³/mol. The van der Waals surface area contributed by atoms with Gasteiger partial charge in [0.2, 0.25) is 5.89 Å². The van der Waals surface area contributed by atoms with E-state index in [1.165, 1.54) is 6.42 Å². The van der Waals surface area contributed by atoms with E-state index in [1.807, 2.05) is 0 Å². The second-order valence-corrected chi connectivity index (χ2v) is 5.02. The van der Waals surface area contributed by atoms with Gasteiger partial charge in [0.25, 0.3) is 0 Å². The standard InChI is InChI=1S/C12H19N5O2/c1-7-15-11(19-17-7)6-14-12(13-2)16-9-5-8-3-4-10(9)18-8/h8-10H,3-6H2,1-2H3,(H2,13,14,16). The maximum atomic E-state index is 5.81. The summed E-state index contributed by atoms with van der Waals surface area (Å²) in [6, 6.07) is 0.356. The third kappa shape index (κ3) is 2.70. The van der Waals surface area contributed by atoms with Gasteiger partial charge < -0.3 is 19.9 Å².